The molecule has 3 aromatic rings. The Balaban J connectivity index is 1.61. The molecule has 0 aliphatic carbocycles. The fraction of sp³-hybridized carbons (Fsp3) is 0.360. The zero-order chi connectivity index (χ0) is 23.6. The summed E-state index contributed by atoms with van der Waals surface area (Å²) in [6.45, 7) is 5.68. The van der Waals surface area contributed by atoms with Crippen LogP contribution in [0.15, 0.2) is 65.8 Å². The minimum absolute atomic E-state index is 0.237. The standard InChI is InChI=1S/C25H31N5O2S/c1-18(2)17-30-21(28-29-25(30)33-3)15-10-16-26-24(32)22(19-11-6-4-7-12-19)27-23(31)20-13-8-5-9-14-20/h4-9,11-14,18,22H,10,15-17H2,1-3H3,(H,26,32)(H,27,31). The molecule has 2 aromatic carbocycles. The Morgan fingerprint density at radius 3 is 2.30 bits per heavy atom. The Kier molecular flexibility index (Phi) is 9.06. The van der Waals surface area contributed by atoms with Gasteiger partial charge in [0.25, 0.3) is 5.91 Å². The van der Waals surface area contributed by atoms with Gasteiger partial charge >= 0.3 is 0 Å². The van der Waals surface area contributed by atoms with Gasteiger partial charge in [0.2, 0.25) is 5.91 Å². The normalized spacial score (nSPS) is 11.9. The van der Waals surface area contributed by atoms with Crippen LogP contribution >= 0.6 is 11.8 Å². The molecule has 0 bridgehead atoms. The van der Waals surface area contributed by atoms with Gasteiger partial charge in [-0.3, -0.25) is 9.59 Å². The maximum absolute atomic E-state index is 13.0. The van der Waals surface area contributed by atoms with E-state index in [1.807, 2.05) is 42.7 Å². The number of amides is 2. The molecule has 2 N–H and O–H groups in total. The van der Waals surface area contributed by atoms with E-state index in [1.165, 1.54) is 0 Å². The zero-order valence-corrected chi connectivity index (χ0v) is 20.1. The van der Waals surface area contributed by atoms with E-state index in [9.17, 15) is 9.59 Å². The molecule has 0 aliphatic heterocycles. The van der Waals surface area contributed by atoms with E-state index in [1.54, 1.807) is 36.0 Å². The van der Waals surface area contributed by atoms with Crippen LogP contribution in [0.1, 0.15) is 48.1 Å². The molecule has 0 saturated heterocycles. The molecule has 0 saturated carbocycles. The van der Waals surface area contributed by atoms with Gasteiger partial charge < -0.3 is 15.2 Å². The van der Waals surface area contributed by atoms with Crippen molar-refractivity contribution in [1.29, 1.82) is 0 Å². The Bertz CT molecular complexity index is 1040. The first-order valence-corrected chi connectivity index (χ1v) is 12.4. The van der Waals surface area contributed by atoms with Crippen LogP contribution in [0.4, 0.5) is 0 Å². The number of nitrogens with one attached hydrogen (secondary N) is 2. The highest BCUT2D eigenvalue weighted by Crippen LogP contribution is 2.17. The number of aryl methyl sites for hydroxylation is 1. The van der Waals surface area contributed by atoms with Crippen LogP contribution in [0.3, 0.4) is 0 Å². The van der Waals surface area contributed by atoms with Crippen LogP contribution in [0, 0.1) is 5.92 Å². The Hall–Kier alpha value is -3.13. The molecular weight excluding hydrogens is 434 g/mol. The lowest BCUT2D eigenvalue weighted by atomic mass is 10.1. The summed E-state index contributed by atoms with van der Waals surface area (Å²) in [5.74, 6) is 0.898. The van der Waals surface area contributed by atoms with Gasteiger partial charge in [-0.25, -0.2) is 0 Å². The third-order valence-corrected chi connectivity index (χ3v) is 5.77. The van der Waals surface area contributed by atoms with E-state index in [-0.39, 0.29) is 11.8 Å². The molecule has 0 fully saturated rings. The molecule has 1 unspecified atom stereocenters. The summed E-state index contributed by atoms with van der Waals surface area (Å²) in [5.41, 5.74) is 1.25. The smallest absolute Gasteiger partial charge is 0.252 e. The number of benzene rings is 2. The molecule has 0 aliphatic rings. The second kappa shape index (κ2) is 12.2. The number of rotatable bonds is 11. The molecule has 1 atom stereocenters. The van der Waals surface area contributed by atoms with Crippen molar-refractivity contribution >= 4 is 23.6 Å². The average Bonchev–Trinajstić information content (AvgIpc) is 3.21. The van der Waals surface area contributed by atoms with E-state index >= 15 is 0 Å². The molecule has 1 aromatic heterocycles. The monoisotopic (exact) mass is 465 g/mol. The number of nitrogens with zero attached hydrogens (tertiary/aromatic N) is 3. The quantitative estimate of drug-likeness (QED) is 0.331. The highest BCUT2D eigenvalue weighted by Gasteiger charge is 2.23. The number of thioether (sulfide) groups is 1. The lowest BCUT2D eigenvalue weighted by molar-refractivity contribution is -0.123. The molecule has 2 amide bonds. The summed E-state index contributed by atoms with van der Waals surface area (Å²) >= 11 is 1.59. The first-order valence-electron chi connectivity index (χ1n) is 11.1. The van der Waals surface area contributed by atoms with Crippen LogP contribution in [-0.4, -0.2) is 39.4 Å². The summed E-state index contributed by atoms with van der Waals surface area (Å²) in [4.78, 5) is 25.7. The SMILES string of the molecule is CSc1nnc(CCCNC(=O)C(NC(=O)c2ccccc2)c2ccccc2)n1CC(C)C. The molecule has 1 heterocycles. The minimum Gasteiger partial charge on any atom is -0.354 e. The second-order valence-electron chi connectivity index (χ2n) is 8.19. The van der Waals surface area contributed by atoms with Gasteiger partial charge in [-0.15, -0.1) is 10.2 Å². The predicted molar refractivity (Wildman–Crippen MR) is 131 cm³/mol. The first-order chi connectivity index (χ1) is 16.0. The molecule has 33 heavy (non-hydrogen) atoms. The van der Waals surface area contributed by atoms with E-state index < -0.39 is 6.04 Å². The molecule has 174 valence electrons. The number of hydrogen-bond acceptors (Lipinski definition) is 5. The summed E-state index contributed by atoms with van der Waals surface area (Å²) in [6, 6.07) is 17.4. The Labute approximate surface area is 199 Å². The number of carbonyl (C=O) groups excluding carboxylic acids is 2. The summed E-state index contributed by atoms with van der Waals surface area (Å²) in [7, 11) is 0. The van der Waals surface area contributed by atoms with Gasteiger partial charge in [-0.2, -0.15) is 0 Å². The summed E-state index contributed by atoms with van der Waals surface area (Å²) < 4.78 is 2.16. The minimum atomic E-state index is -0.772. The first kappa shape index (κ1) is 24.5. The number of aromatic nitrogens is 3. The van der Waals surface area contributed by atoms with Crippen molar-refractivity contribution in [2.45, 2.75) is 44.4 Å². The van der Waals surface area contributed by atoms with Crippen LogP contribution in [0.2, 0.25) is 0 Å². The molecular formula is C25H31N5O2S. The van der Waals surface area contributed by atoms with Gasteiger partial charge in [0.1, 0.15) is 11.9 Å². The zero-order valence-electron chi connectivity index (χ0n) is 19.3. The Morgan fingerprint density at radius 1 is 1.00 bits per heavy atom. The van der Waals surface area contributed by atoms with Crippen LogP contribution < -0.4 is 10.6 Å². The summed E-state index contributed by atoms with van der Waals surface area (Å²) in [5, 5.41) is 15.4. The fourth-order valence-corrected chi connectivity index (χ4v) is 4.04. The topological polar surface area (TPSA) is 88.9 Å². The van der Waals surface area contributed by atoms with Crippen molar-refractivity contribution in [3.8, 4) is 0 Å². The lowest BCUT2D eigenvalue weighted by Gasteiger charge is -2.19. The Morgan fingerprint density at radius 2 is 1.67 bits per heavy atom. The third kappa shape index (κ3) is 6.92. The van der Waals surface area contributed by atoms with E-state index in [4.69, 9.17) is 0 Å². The van der Waals surface area contributed by atoms with Crippen LogP contribution in [0.5, 0.6) is 0 Å². The van der Waals surface area contributed by atoms with Crippen molar-refractivity contribution < 1.29 is 9.59 Å². The lowest BCUT2D eigenvalue weighted by Crippen LogP contribution is -2.40. The molecule has 0 radical (unpaired) electrons. The van der Waals surface area contributed by atoms with Crippen LogP contribution in [-0.2, 0) is 17.8 Å². The van der Waals surface area contributed by atoms with Crippen molar-refractivity contribution in [3.05, 3.63) is 77.6 Å². The second-order valence-corrected chi connectivity index (χ2v) is 8.96. The average molecular weight is 466 g/mol. The predicted octanol–water partition coefficient (Wildman–Crippen LogP) is 3.88. The maximum Gasteiger partial charge on any atom is 0.252 e. The van der Waals surface area contributed by atoms with E-state index in [0.29, 0.717) is 24.4 Å². The highest BCUT2D eigenvalue weighted by atomic mass is 32.2. The van der Waals surface area contributed by atoms with Crippen molar-refractivity contribution in [1.82, 2.24) is 25.4 Å². The molecule has 8 heteroatoms. The van der Waals surface area contributed by atoms with Crippen LogP contribution in [0.25, 0.3) is 0 Å². The molecule has 7 nitrogen and oxygen atoms in total. The van der Waals surface area contributed by atoms with Gasteiger partial charge in [0.05, 0.1) is 0 Å². The van der Waals surface area contributed by atoms with Gasteiger partial charge in [0, 0.05) is 25.1 Å². The van der Waals surface area contributed by atoms with Crippen molar-refractivity contribution in [2.24, 2.45) is 5.92 Å². The van der Waals surface area contributed by atoms with Gasteiger partial charge in [-0.05, 0) is 36.3 Å². The summed E-state index contributed by atoms with van der Waals surface area (Å²) in [6.07, 6.45) is 3.44. The molecule has 0 spiro atoms. The third-order valence-electron chi connectivity index (χ3n) is 5.11. The maximum atomic E-state index is 13.0. The van der Waals surface area contributed by atoms with Gasteiger partial charge in [-0.1, -0.05) is 74.1 Å². The van der Waals surface area contributed by atoms with Gasteiger partial charge in [0.15, 0.2) is 5.16 Å². The van der Waals surface area contributed by atoms with Crippen molar-refractivity contribution in [3.63, 3.8) is 0 Å². The highest BCUT2D eigenvalue weighted by molar-refractivity contribution is 7.98. The van der Waals surface area contributed by atoms with Crippen molar-refractivity contribution in [2.75, 3.05) is 12.8 Å². The number of carbonyl (C=O) groups is 2. The van der Waals surface area contributed by atoms with E-state index in [2.05, 4.69) is 39.2 Å². The molecule has 3 rings (SSSR count). The number of hydrogen-bond donors (Lipinski definition) is 2. The largest absolute Gasteiger partial charge is 0.354 e. The fourth-order valence-electron chi connectivity index (χ4n) is 3.51. The van der Waals surface area contributed by atoms with E-state index in [0.717, 1.165) is 29.5 Å².